The Kier molecular flexibility index (Phi) is 4.61. The second kappa shape index (κ2) is 5.75. The van der Waals surface area contributed by atoms with Gasteiger partial charge in [-0.2, -0.15) is 0 Å². The van der Waals surface area contributed by atoms with E-state index in [1.54, 1.807) is 6.92 Å². The summed E-state index contributed by atoms with van der Waals surface area (Å²) in [6, 6.07) is 2.60. The molecule has 0 unspecified atom stereocenters. The summed E-state index contributed by atoms with van der Waals surface area (Å²) < 4.78 is 26.9. The highest BCUT2D eigenvalue weighted by atomic mass is 32.1. The van der Waals surface area contributed by atoms with Crippen LogP contribution in [0.4, 0.5) is 14.5 Å². The van der Waals surface area contributed by atoms with Crippen molar-refractivity contribution in [2.75, 3.05) is 11.9 Å². The van der Waals surface area contributed by atoms with Crippen LogP contribution in [-0.4, -0.2) is 11.7 Å². The number of thiocarbonyl (C=S) groups is 1. The van der Waals surface area contributed by atoms with Crippen molar-refractivity contribution < 1.29 is 8.78 Å². The summed E-state index contributed by atoms with van der Waals surface area (Å²) in [6.45, 7) is 4.22. The monoisotopic (exact) mass is 244 g/mol. The van der Waals surface area contributed by atoms with Gasteiger partial charge in [-0.05, 0) is 37.2 Å². The van der Waals surface area contributed by atoms with Crippen LogP contribution in [-0.2, 0) is 0 Å². The van der Waals surface area contributed by atoms with E-state index in [1.807, 2.05) is 6.92 Å². The maximum atomic E-state index is 13.6. The summed E-state index contributed by atoms with van der Waals surface area (Å²) in [4.78, 5) is 0. The molecule has 88 valence electrons. The number of hydrogen-bond acceptors (Lipinski definition) is 1. The van der Waals surface area contributed by atoms with E-state index in [1.165, 1.54) is 12.1 Å². The predicted molar refractivity (Wildman–Crippen MR) is 65.6 cm³/mol. The van der Waals surface area contributed by atoms with Crippen LogP contribution in [0.3, 0.4) is 0 Å². The molecule has 0 amide bonds. The molecule has 0 aliphatic rings. The molecule has 0 fully saturated rings. The first-order valence-corrected chi connectivity index (χ1v) is 5.46. The largest absolute Gasteiger partial charge is 0.362 e. The van der Waals surface area contributed by atoms with Gasteiger partial charge in [0.25, 0.3) is 0 Å². The standard InChI is InChI=1S/C11H14F2N2S/c1-3-6-14-11(16)15-10-8(12)5-4-7(2)9(10)13/h4-5H,3,6H2,1-2H3,(H2,14,15,16). The highest BCUT2D eigenvalue weighted by molar-refractivity contribution is 7.80. The van der Waals surface area contributed by atoms with E-state index in [-0.39, 0.29) is 10.8 Å². The fourth-order valence-corrected chi connectivity index (χ4v) is 1.37. The fourth-order valence-electron chi connectivity index (χ4n) is 1.17. The predicted octanol–water partition coefficient (Wildman–Crippen LogP) is 2.97. The average molecular weight is 244 g/mol. The van der Waals surface area contributed by atoms with Crippen LogP contribution < -0.4 is 10.6 Å². The minimum absolute atomic E-state index is 0.200. The van der Waals surface area contributed by atoms with E-state index in [4.69, 9.17) is 12.2 Å². The molecule has 5 heteroatoms. The number of nitrogens with one attached hydrogen (secondary N) is 2. The third-order valence-corrected chi connectivity index (χ3v) is 2.30. The lowest BCUT2D eigenvalue weighted by Gasteiger charge is -2.12. The minimum Gasteiger partial charge on any atom is -0.362 e. The summed E-state index contributed by atoms with van der Waals surface area (Å²) in [7, 11) is 0. The lowest BCUT2D eigenvalue weighted by Crippen LogP contribution is -2.29. The van der Waals surface area contributed by atoms with Crippen LogP contribution in [0.1, 0.15) is 18.9 Å². The van der Waals surface area contributed by atoms with Gasteiger partial charge in [-0.1, -0.05) is 13.0 Å². The second-order valence-electron chi connectivity index (χ2n) is 3.43. The molecule has 0 radical (unpaired) electrons. The Morgan fingerprint density at radius 1 is 1.38 bits per heavy atom. The van der Waals surface area contributed by atoms with E-state index < -0.39 is 11.6 Å². The van der Waals surface area contributed by atoms with Crippen molar-refractivity contribution in [2.24, 2.45) is 0 Å². The Labute approximate surface area is 99.0 Å². The van der Waals surface area contributed by atoms with E-state index in [9.17, 15) is 8.78 Å². The van der Waals surface area contributed by atoms with E-state index in [0.717, 1.165) is 6.42 Å². The molecule has 16 heavy (non-hydrogen) atoms. The van der Waals surface area contributed by atoms with Gasteiger partial charge in [0, 0.05) is 6.54 Å². The molecule has 0 spiro atoms. The fraction of sp³-hybridized carbons (Fsp3) is 0.364. The van der Waals surface area contributed by atoms with Crippen molar-refractivity contribution in [3.63, 3.8) is 0 Å². The molecule has 1 aromatic rings. The molecule has 0 saturated heterocycles. The lowest BCUT2D eigenvalue weighted by atomic mass is 10.2. The van der Waals surface area contributed by atoms with Gasteiger partial charge in [-0.15, -0.1) is 0 Å². The Bertz CT molecular complexity index is 394. The smallest absolute Gasteiger partial charge is 0.170 e. The Balaban J connectivity index is 2.80. The Hall–Kier alpha value is -1.23. The zero-order valence-corrected chi connectivity index (χ0v) is 10.0. The Morgan fingerprint density at radius 3 is 2.69 bits per heavy atom. The van der Waals surface area contributed by atoms with Gasteiger partial charge in [0.05, 0.1) is 0 Å². The van der Waals surface area contributed by atoms with Crippen LogP contribution in [0.25, 0.3) is 0 Å². The number of anilines is 1. The van der Waals surface area contributed by atoms with Crippen LogP contribution in [0.15, 0.2) is 12.1 Å². The van der Waals surface area contributed by atoms with Crippen molar-refractivity contribution in [3.8, 4) is 0 Å². The van der Waals surface area contributed by atoms with Crippen molar-refractivity contribution in [2.45, 2.75) is 20.3 Å². The maximum Gasteiger partial charge on any atom is 0.170 e. The van der Waals surface area contributed by atoms with E-state index >= 15 is 0 Å². The van der Waals surface area contributed by atoms with Crippen molar-refractivity contribution in [1.82, 2.24) is 5.32 Å². The van der Waals surface area contributed by atoms with Gasteiger partial charge in [0.1, 0.15) is 11.5 Å². The first-order valence-electron chi connectivity index (χ1n) is 5.05. The first-order chi connectivity index (χ1) is 7.56. The molecular weight excluding hydrogens is 230 g/mol. The first kappa shape index (κ1) is 12.8. The summed E-state index contributed by atoms with van der Waals surface area (Å²) in [6.07, 6.45) is 0.889. The van der Waals surface area contributed by atoms with Gasteiger partial charge in [0.15, 0.2) is 10.9 Å². The van der Waals surface area contributed by atoms with Crippen LogP contribution in [0, 0.1) is 18.6 Å². The van der Waals surface area contributed by atoms with Gasteiger partial charge < -0.3 is 10.6 Å². The molecule has 1 rings (SSSR count). The molecule has 0 heterocycles. The van der Waals surface area contributed by atoms with Crippen molar-refractivity contribution >= 4 is 23.0 Å². The van der Waals surface area contributed by atoms with Crippen LogP contribution in [0.5, 0.6) is 0 Å². The summed E-state index contributed by atoms with van der Waals surface area (Å²) >= 11 is 4.91. The highest BCUT2D eigenvalue weighted by Gasteiger charge is 2.12. The van der Waals surface area contributed by atoms with Crippen LogP contribution >= 0.6 is 12.2 Å². The number of benzene rings is 1. The summed E-state index contributed by atoms with van der Waals surface area (Å²) in [5.74, 6) is -1.26. The zero-order chi connectivity index (χ0) is 12.1. The van der Waals surface area contributed by atoms with Crippen molar-refractivity contribution in [3.05, 3.63) is 29.3 Å². The molecule has 0 aliphatic carbocycles. The third kappa shape index (κ3) is 3.13. The topological polar surface area (TPSA) is 24.1 Å². The third-order valence-electron chi connectivity index (χ3n) is 2.06. The second-order valence-corrected chi connectivity index (χ2v) is 3.84. The molecule has 0 atom stereocenters. The Morgan fingerprint density at radius 2 is 2.06 bits per heavy atom. The normalized spacial score (nSPS) is 10.0. The molecule has 2 nitrogen and oxygen atoms in total. The molecule has 0 aromatic heterocycles. The molecular formula is C11H14F2N2S. The average Bonchev–Trinajstić information content (AvgIpc) is 2.27. The van der Waals surface area contributed by atoms with Gasteiger partial charge in [-0.25, -0.2) is 8.78 Å². The number of halogens is 2. The highest BCUT2D eigenvalue weighted by Crippen LogP contribution is 2.21. The number of rotatable bonds is 3. The van der Waals surface area contributed by atoms with Gasteiger partial charge in [-0.3, -0.25) is 0 Å². The quantitative estimate of drug-likeness (QED) is 0.799. The SMILES string of the molecule is CCCNC(=S)Nc1c(F)ccc(C)c1F. The summed E-state index contributed by atoms with van der Waals surface area (Å²) in [5.41, 5.74) is 0.177. The van der Waals surface area contributed by atoms with E-state index in [0.29, 0.717) is 12.1 Å². The van der Waals surface area contributed by atoms with Crippen molar-refractivity contribution in [1.29, 1.82) is 0 Å². The molecule has 1 aromatic carbocycles. The lowest BCUT2D eigenvalue weighted by molar-refractivity contribution is 0.585. The minimum atomic E-state index is -0.649. The number of hydrogen-bond donors (Lipinski definition) is 2. The molecule has 0 saturated carbocycles. The van der Waals surface area contributed by atoms with Gasteiger partial charge >= 0.3 is 0 Å². The molecule has 0 aliphatic heterocycles. The van der Waals surface area contributed by atoms with E-state index in [2.05, 4.69) is 10.6 Å². The van der Waals surface area contributed by atoms with Crippen LogP contribution in [0.2, 0.25) is 0 Å². The zero-order valence-electron chi connectivity index (χ0n) is 9.23. The molecule has 2 N–H and O–H groups in total. The number of aryl methyl sites for hydroxylation is 1. The summed E-state index contributed by atoms with van der Waals surface area (Å²) in [5, 5.41) is 5.59. The van der Waals surface area contributed by atoms with Gasteiger partial charge in [0.2, 0.25) is 0 Å². The molecule has 0 bridgehead atoms. The maximum absolute atomic E-state index is 13.6.